The minimum atomic E-state index is 0.550. The van der Waals surface area contributed by atoms with E-state index in [-0.39, 0.29) is 0 Å². The smallest absolute Gasteiger partial charge is 0.0623 e. The zero-order valence-corrected chi connectivity index (χ0v) is 12.2. The van der Waals surface area contributed by atoms with Gasteiger partial charge >= 0.3 is 0 Å². The standard InChI is InChI=1S/C14H30N2O/c1-6-15-14-10-17-9-13(14)8-16(5)12(4)7-11(2)3/h11-15H,6-10H2,1-5H3. The second-order valence-corrected chi connectivity index (χ2v) is 5.88. The van der Waals surface area contributed by atoms with Crippen LogP contribution in [0, 0.1) is 11.8 Å². The van der Waals surface area contributed by atoms with Gasteiger partial charge in [-0.05, 0) is 32.9 Å². The summed E-state index contributed by atoms with van der Waals surface area (Å²) in [6.07, 6.45) is 1.27. The predicted molar refractivity (Wildman–Crippen MR) is 73.3 cm³/mol. The molecule has 1 aliphatic rings. The van der Waals surface area contributed by atoms with Gasteiger partial charge in [-0.1, -0.05) is 20.8 Å². The topological polar surface area (TPSA) is 24.5 Å². The molecule has 0 aromatic carbocycles. The molecule has 1 aliphatic heterocycles. The minimum absolute atomic E-state index is 0.550. The average molecular weight is 242 g/mol. The average Bonchev–Trinajstić information content (AvgIpc) is 2.65. The Hall–Kier alpha value is -0.120. The van der Waals surface area contributed by atoms with Crippen molar-refractivity contribution in [3.63, 3.8) is 0 Å². The van der Waals surface area contributed by atoms with E-state index in [0.717, 1.165) is 32.2 Å². The van der Waals surface area contributed by atoms with Gasteiger partial charge in [-0.15, -0.1) is 0 Å². The third-order valence-corrected chi connectivity index (χ3v) is 3.75. The number of hydrogen-bond acceptors (Lipinski definition) is 3. The van der Waals surface area contributed by atoms with Crippen molar-refractivity contribution in [3.8, 4) is 0 Å². The van der Waals surface area contributed by atoms with Crippen molar-refractivity contribution in [2.24, 2.45) is 11.8 Å². The summed E-state index contributed by atoms with van der Waals surface area (Å²) >= 11 is 0. The Bertz CT molecular complexity index is 208. The van der Waals surface area contributed by atoms with Crippen LogP contribution >= 0.6 is 0 Å². The van der Waals surface area contributed by atoms with Crippen molar-refractivity contribution in [2.75, 3.05) is 33.4 Å². The molecule has 1 rings (SSSR count). The molecular weight excluding hydrogens is 212 g/mol. The maximum absolute atomic E-state index is 5.59. The van der Waals surface area contributed by atoms with Gasteiger partial charge in [-0.2, -0.15) is 0 Å². The van der Waals surface area contributed by atoms with Crippen LogP contribution in [-0.2, 0) is 4.74 Å². The lowest BCUT2D eigenvalue weighted by Crippen LogP contribution is -2.43. The molecule has 1 fully saturated rings. The molecule has 3 unspecified atom stereocenters. The van der Waals surface area contributed by atoms with Crippen molar-refractivity contribution >= 4 is 0 Å². The summed E-state index contributed by atoms with van der Waals surface area (Å²) in [6.45, 7) is 13.1. The van der Waals surface area contributed by atoms with Crippen LogP contribution in [0.5, 0.6) is 0 Å². The Kier molecular flexibility index (Phi) is 6.45. The van der Waals surface area contributed by atoms with Gasteiger partial charge in [0.15, 0.2) is 0 Å². The van der Waals surface area contributed by atoms with Crippen molar-refractivity contribution < 1.29 is 4.74 Å². The van der Waals surface area contributed by atoms with Gasteiger partial charge in [0.05, 0.1) is 13.2 Å². The Morgan fingerprint density at radius 1 is 1.29 bits per heavy atom. The fraction of sp³-hybridized carbons (Fsp3) is 1.00. The summed E-state index contributed by atoms with van der Waals surface area (Å²) in [4.78, 5) is 2.49. The third kappa shape index (κ3) is 4.94. The molecule has 102 valence electrons. The Balaban J connectivity index is 2.36. The van der Waals surface area contributed by atoms with Gasteiger partial charge in [0.2, 0.25) is 0 Å². The van der Waals surface area contributed by atoms with E-state index in [1.807, 2.05) is 0 Å². The molecular formula is C14H30N2O. The zero-order chi connectivity index (χ0) is 12.8. The quantitative estimate of drug-likeness (QED) is 0.739. The van der Waals surface area contributed by atoms with E-state index in [1.54, 1.807) is 0 Å². The van der Waals surface area contributed by atoms with Crippen molar-refractivity contribution in [3.05, 3.63) is 0 Å². The highest BCUT2D eigenvalue weighted by molar-refractivity contribution is 4.83. The molecule has 1 saturated heterocycles. The van der Waals surface area contributed by atoms with Crippen LogP contribution in [-0.4, -0.2) is 50.3 Å². The Morgan fingerprint density at radius 2 is 2.00 bits per heavy atom. The van der Waals surface area contributed by atoms with Gasteiger partial charge in [0.1, 0.15) is 0 Å². The number of ether oxygens (including phenoxy) is 1. The van der Waals surface area contributed by atoms with Gasteiger partial charge in [0.25, 0.3) is 0 Å². The minimum Gasteiger partial charge on any atom is -0.379 e. The van der Waals surface area contributed by atoms with Crippen molar-refractivity contribution in [2.45, 2.75) is 46.2 Å². The van der Waals surface area contributed by atoms with Crippen LogP contribution in [0.4, 0.5) is 0 Å². The fourth-order valence-corrected chi connectivity index (χ4v) is 2.68. The summed E-state index contributed by atoms with van der Waals surface area (Å²) in [5, 5.41) is 3.53. The Morgan fingerprint density at radius 3 is 2.59 bits per heavy atom. The molecule has 3 nitrogen and oxygen atoms in total. The van der Waals surface area contributed by atoms with Crippen LogP contribution < -0.4 is 5.32 Å². The Labute approximate surface area is 107 Å². The highest BCUT2D eigenvalue weighted by Crippen LogP contribution is 2.17. The SMILES string of the molecule is CCNC1COCC1CN(C)C(C)CC(C)C. The zero-order valence-electron chi connectivity index (χ0n) is 12.2. The molecule has 0 bridgehead atoms. The number of rotatable bonds is 7. The number of hydrogen-bond donors (Lipinski definition) is 1. The molecule has 0 radical (unpaired) electrons. The lowest BCUT2D eigenvalue weighted by molar-refractivity contribution is 0.157. The lowest BCUT2D eigenvalue weighted by atomic mass is 10.00. The number of nitrogens with zero attached hydrogens (tertiary/aromatic N) is 1. The largest absolute Gasteiger partial charge is 0.379 e. The molecule has 0 aromatic rings. The fourth-order valence-electron chi connectivity index (χ4n) is 2.68. The highest BCUT2D eigenvalue weighted by atomic mass is 16.5. The second kappa shape index (κ2) is 7.34. The maximum atomic E-state index is 5.59. The normalized spacial score (nSPS) is 27.0. The van der Waals surface area contributed by atoms with Crippen LogP contribution in [0.3, 0.4) is 0 Å². The van der Waals surface area contributed by atoms with Gasteiger partial charge in [0, 0.05) is 24.5 Å². The van der Waals surface area contributed by atoms with E-state index in [9.17, 15) is 0 Å². The molecule has 3 heteroatoms. The van der Waals surface area contributed by atoms with Crippen LogP contribution in [0.2, 0.25) is 0 Å². The first-order chi connectivity index (χ1) is 8.04. The summed E-state index contributed by atoms with van der Waals surface area (Å²) in [7, 11) is 2.24. The molecule has 0 aromatic heterocycles. The second-order valence-electron chi connectivity index (χ2n) is 5.88. The molecule has 1 heterocycles. The van der Waals surface area contributed by atoms with E-state index < -0.39 is 0 Å². The van der Waals surface area contributed by atoms with Gasteiger partial charge < -0.3 is 15.0 Å². The molecule has 1 N–H and O–H groups in total. The molecule has 0 spiro atoms. The summed E-state index contributed by atoms with van der Waals surface area (Å²) in [5.41, 5.74) is 0. The van der Waals surface area contributed by atoms with E-state index in [2.05, 4.69) is 45.0 Å². The van der Waals surface area contributed by atoms with E-state index in [4.69, 9.17) is 4.74 Å². The lowest BCUT2D eigenvalue weighted by Gasteiger charge is -2.30. The van der Waals surface area contributed by atoms with Crippen molar-refractivity contribution in [1.82, 2.24) is 10.2 Å². The monoisotopic (exact) mass is 242 g/mol. The molecule has 17 heavy (non-hydrogen) atoms. The molecule has 0 aliphatic carbocycles. The van der Waals surface area contributed by atoms with E-state index >= 15 is 0 Å². The first-order valence-electron chi connectivity index (χ1n) is 7.05. The predicted octanol–water partition coefficient (Wildman–Crippen LogP) is 1.98. The van der Waals surface area contributed by atoms with Crippen LogP contribution in [0.1, 0.15) is 34.1 Å². The number of nitrogens with one attached hydrogen (secondary N) is 1. The first kappa shape index (κ1) is 14.9. The molecule has 0 saturated carbocycles. The van der Waals surface area contributed by atoms with Crippen LogP contribution in [0.25, 0.3) is 0 Å². The first-order valence-corrected chi connectivity index (χ1v) is 7.05. The van der Waals surface area contributed by atoms with Crippen molar-refractivity contribution in [1.29, 1.82) is 0 Å². The third-order valence-electron chi connectivity index (χ3n) is 3.75. The summed E-state index contributed by atoms with van der Waals surface area (Å²) < 4.78 is 5.59. The van der Waals surface area contributed by atoms with E-state index in [1.165, 1.54) is 6.42 Å². The van der Waals surface area contributed by atoms with Crippen LogP contribution in [0.15, 0.2) is 0 Å². The van der Waals surface area contributed by atoms with Gasteiger partial charge in [-0.25, -0.2) is 0 Å². The van der Waals surface area contributed by atoms with E-state index in [0.29, 0.717) is 18.0 Å². The highest BCUT2D eigenvalue weighted by Gasteiger charge is 2.29. The molecule has 3 atom stereocenters. The number of likely N-dealkylation sites (N-methyl/N-ethyl adjacent to an activating group) is 1. The summed E-state index contributed by atoms with van der Waals surface area (Å²) in [5.74, 6) is 1.42. The maximum Gasteiger partial charge on any atom is 0.0623 e. The van der Waals surface area contributed by atoms with Gasteiger partial charge in [-0.3, -0.25) is 0 Å². The molecule has 0 amide bonds. The summed E-state index contributed by atoms with van der Waals surface area (Å²) in [6, 6.07) is 1.21.